The molecule has 19 heavy (non-hydrogen) atoms. The summed E-state index contributed by atoms with van der Waals surface area (Å²) in [6, 6.07) is 0. The average Bonchev–Trinajstić information content (AvgIpc) is 2.75. The summed E-state index contributed by atoms with van der Waals surface area (Å²) in [4.78, 5) is 12.1. The van der Waals surface area contributed by atoms with Crippen molar-refractivity contribution in [1.29, 1.82) is 0 Å². The fourth-order valence-corrected chi connectivity index (χ4v) is 3.79. The lowest BCUT2D eigenvalue weighted by Crippen LogP contribution is -2.38. The van der Waals surface area contributed by atoms with Gasteiger partial charge in [-0.2, -0.15) is 0 Å². The maximum absolute atomic E-state index is 12.1. The molecule has 1 aliphatic heterocycles. The average molecular weight is 288 g/mol. The fourth-order valence-electron chi connectivity index (χ4n) is 2.97. The topological polar surface area (TPSA) is 55.8 Å². The lowest BCUT2D eigenvalue weighted by atomic mass is 9.75. The first-order valence-electron chi connectivity index (χ1n) is 7.13. The van der Waals surface area contributed by atoms with E-state index in [4.69, 9.17) is 9.47 Å². The van der Waals surface area contributed by atoms with Crippen LogP contribution in [0.15, 0.2) is 0 Å². The predicted octanol–water partition coefficient (Wildman–Crippen LogP) is 2.40. The van der Waals surface area contributed by atoms with Crippen LogP contribution < -0.4 is 0 Å². The van der Waals surface area contributed by atoms with Crippen LogP contribution >= 0.6 is 11.8 Å². The summed E-state index contributed by atoms with van der Waals surface area (Å²) in [6.45, 7) is 6.58. The van der Waals surface area contributed by atoms with Crippen molar-refractivity contribution in [2.24, 2.45) is 17.8 Å². The number of carbonyl (C=O) groups excluding carboxylic acids is 1. The molecule has 1 aliphatic carbocycles. The summed E-state index contributed by atoms with van der Waals surface area (Å²) < 4.78 is 10.8. The molecule has 2 aliphatic rings. The normalized spacial score (nSPS) is 39.5. The highest BCUT2D eigenvalue weighted by atomic mass is 32.2. The van der Waals surface area contributed by atoms with Crippen molar-refractivity contribution in [3.8, 4) is 0 Å². The number of ether oxygens (including phenoxy) is 2. The second-order valence-electron chi connectivity index (χ2n) is 6.06. The summed E-state index contributed by atoms with van der Waals surface area (Å²) in [5.41, 5.74) is -0.653. The molecule has 1 saturated heterocycles. The van der Waals surface area contributed by atoms with Crippen LogP contribution in [0.5, 0.6) is 0 Å². The van der Waals surface area contributed by atoms with Crippen molar-refractivity contribution < 1.29 is 19.4 Å². The van der Waals surface area contributed by atoms with Crippen molar-refractivity contribution >= 4 is 17.7 Å². The first-order chi connectivity index (χ1) is 8.97. The first-order valence-corrected chi connectivity index (χ1v) is 8.18. The number of carbonyl (C=O) groups is 1. The molecule has 1 heterocycles. The fraction of sp³-hybridized carbons (Fsp3) is 0.929. The van der Waals surface area contributed by atoms with Gasteiger partial charge in [0.15, 0.2) is 6.29 Å². The largest absolute Gasteiger partial charge is 0.459 e. The summed E-state index contributed by atoms with van der Waals surface area (Å²) >= 11 is 1.31. The molecule has 0 aromatic heterocycles. The molecule has 1 saturated carbocycles. The van der Waals surface area contributed by atoms with Crippen LogP contribution in [0.4, 0.5) is 0 Å². The van der Waals surface area contributed by atoms with E-state index in [0.29, 0.717) is 23.5 Å². The number of aliphatic hydroxyl groups is 1. The highest BCUT2D eigenvalue weighted by Crippen LogP contribution is 2.36. The van der Waals surface area contributed by atoms with Gasteiger partial charge < -0.3 is 14.6 Å². The Balaban J connectivity index is 1.92. The Hall–Kier alpha value is -0.260. The van der Waals surface area contributed by atoms with Gasteiger partial charge in [0, 0.05) is 5.75 Å². The van der Waals surface area contributed by atoms with Gasteiger partial charge in [-0.05, 0) is 30.6 Å². The summed E-state index contributed by atoms with van der Waals surface area (Å²) in [5.74, 6) is 1.68. The molecule has 2 fully saturated rings. The Labute approximate surface area is 119 Å². The van der Waals surface area contributed by atoms with Crippen molar-refractivity contribution in [3.05, 3.63) is 0 Å². The van der Waals surface area contributed by atoms with E-state index in [2.05, 4.69) is 20.8 Å². The molecule has 5 atom stereocenters. The van der Waals surface area contributed by atoms with Gasteiger partial charge in [0.05, 0.1) is 0 Å². The minimum atomic E-state index is -0.839. The lowest BCUT2D eigenvalue weighted by Gasteiger charge is -2.37. The van der Waals surface area contributed by atoms with Gasteiger partial charge in [-0.3, -0.25) is 0 Å². The van der Waals surface area contributed by atoms with Gasteiger partial charge in [0.25, 0.3) is 0 Å². The molecule has 2 rings (SSSR count). The smallest absolute Gasteiger partial charge is 0.346 e. The molecule has 0 aromatic carbocycles. The second kappa shape index (κ2) is 6.46. The van der Waals surface area contributed by atoms with Gasteiger partial charge in [-0.15, -0.1) is 11.8 Å². The Morgan fingerprint density at radius 2 is 2.16 bits per heavy atom. The zero-order chi connectivity index (χ0) is 14.0. The molecule has 0 spiro atoms. The number of aliphatic hydroxyl groups excluding tert-OH is 1. The molecular weight excluding hydrogens is 264 g/mol. The van der Waals surface area contributed by atoms with Crippen LogP contribution in [0.3, 0.4) is 0 Å². The van der Waals surface area contributed by atoms with E-state index >= 15 is 0 Å². The molecule has 0 unspecified atom stereocenters. The number of rotatable bonds is 3. The van der Waals surface area contributed by atoms with E-state index < -0.39 is 11.7 Å². The summed E-state index contributed by atoms with van der Waals surface area (Å²) in [5, 5.41) is 9.29. The van der Waals surface area contributed by atoms with Gasteiger partial charge in [-0.1, -0.05) is 27.2 Å². The van der Waals surface area contributed by atoms with E-state index in [0.717, 1.165) is 12.8 Å². The zero-order valence-electron chi connectivity index (χ0n) is 11.9. The molecule has 110 valence electrons. The van der Waals surface area contributed by atoms with Crippen LogP contribution in [-0.2, 0) is 14.3 Å². The summed E-state index contributed by atoms with van der Waals surface area (Å²) in [7, 11) is 0. The Morgan fingerprint density at radius 3 is 2.74 bits per heavy atom. The van der Waals surface area contributed by atoms with Gasteiger partial charge >= 0.3 is 5.97 Å². The maximum Gasteiger partial charge on any atom is 0.346 e. The molecule has 5 heteroatoms. The molecule has 0 radical (unpaired) electrons. The molecule has 4 nitrogen and oxygen atoms in total. The van der Waals surface area contributed by atoms with Gasteiger partial charge in [0.2, 0.25) is 5.44 Å². The monoisotopic (exact) mass is 288 g/mol. The van der Waals surface area contributed by atoms with Crippen LogP contribution in [0.1, 0.15) is 40.0 Å². The molecule has 0 amide bonds. The molecular formula is C14H24O4S. The Morgan fingerprint density at radius 1 is 1.42 bits per heavy atom. The molecule has 0 bridgehead atoms. The second-order valence-corrected chi connectivity index (χ2v) is 7.15. The van der Waals surface area contributed by atoms with Crippen LogP contribution in [0, 0.1) is 17.8 Å². The summed E-state index contributed by atoms with van der Waals surface area (Å²) in [6.07, 6.45) is 2.43. The third-order valence-electron chi connectivity index (χ3n) is 4.09. The third kappa shape index (κ3) is 3.86. The molecule has 0 aromatic rings. The highest BCUT2D eigenvalue weighted by Gasteiger charge is 2.37. The number of hydrogen-bond acceptors (Lipinski definition) is 5. The van der Waals surface area contributed by atoms with Crippen LogP contribution in [0.25, 0.3) is 0 Å². The van der Waals surface area contributed by atoms with E-state index in [-0.39, 0.29) is 12.1 Å². The molecule has 1 N–H and O–H groups in total. The van der Waals surface area contributed by atoms with Crippen molar-refractivity contribution in [1.82, 2.24) is 0 Å². The quantitative estimate of drug-likeness (QED) is 0.808. The Kier molecular flexibility index (Phi) is 5.15. The van der Waals surface area contributed by atoms with Crippen molar-refractivity contribution in [3.63, 3.8) is 0 Å². The Bertz CT molecular complexity index is 321. The van der Waals surface area contributed by atoms with E-state index in [9.17, 15) is 9.90 Å². The minimum absolute atomic E-state index is 0.00167. The maximum atomic E-state index is 12.1. The SMILES string of the molecule is CC(C)[C@H]1CC[C@H](C)C[C@@H]1OC(=O)[C@@H]1O[C@@H](O)CS1. The van der Waals surface area contributed by atoms with E-state index in [1.54, 1.807) is 0 Å². The number of esters is 1. The third-order valence-corrected chi connectivity index (χ3v) is 5.18. The van der Waals surface area contributed by atoms with Gasteiger partial charge in [-0.25, -0.2) is 4.79 Å². The minimum Gasteiger partial charge on any atom is -0.459 e. The standard InChI is InChI=1S/C14H24O4S/c1-8(2)10-5-4-9(3)6-11(10)17-13(16)14-18-12(15)7-19-14/h8-12,14-15H,4-7H2,1-3H3/t9-,10+,11-,12+,14+/m0/s1. The van der Waals surface area contributed by atoms with Crippen molar-refractivity contribution in [2.45, 2.75) is 57.9 Å². The number of thioether (sulfide) groups is 1. The lowest BCUT2D eigenvalue weighted by molar-refractivity contribution is -0.172. The van der Waals surface area contributed by atoms with Crippen molar-refractivity contribution in [2.75, 3.05) is 5.75 Å². The van der Waals surface area contributed by atoms with E-state index in [1.807, 2.05) is 0 Å². The van der Waals surface area contributed by atoms with E-state index in [1.165, 1.54) is 18.2 Å². The highest BCUT2D eigenvalue weighted by molar-refractivity contribution is 8.00. The first kappa shape index (κ1) is 15.1. The van der Waals surface area contributed by atoms with Gasteiger partial charge in [0.1, 0.15) is 6.10 Å². The number of hydrogen-bond donors (Lipinski definition) is 1. The predicted molar refractivity (Wildman–Crippen MR) is 74.6 cm³/mol. The van der Waals surface area contributed by atoms with Crippen LogP contribution in [-0.4, -0.2) is 34.7 Å². The zero-order valence-corrected chi connectivity index (χ0v) is 12.7. The van der Waals surface area contributed by atoms with Crippen LogP contribution in [0.2, 0.25) is 0 Å².